The topological polar surface area (TPSA) is 52.6 Å². The van der Waals surface area contributed by atoms with Gasteiger partial charge in [0, 0.05) is 25.7 Å². The van der Waals surface area contributed by atoms with Gasteiger partial charge in [-0.3, -0.25) is 4.79 Å². The summed E-state index contributed by atoms with van der Waals surface area (Å²) >= 11 is 5.19. The number of nitrogens with one attached hydrogen (secondary N) is 1. The van der Waals surface area contributed by atoms with Crippen molar-refractivity contribution in [2.75, 3.05) is 18.9 Å². The van der Waals surface area contributed by atoms with E-state index < -0.39 is 0 Å². The zero-order valence-electron chi connectivity index (χ0n) is 10.0. The Morgan fingerprint density at radius 3 is 2.72 bits per heavy atom. The molecule has 0 atom stereocenters. The molecule has 5 heteroatoms. The molecule has 2 N–H and O–H groups in total. The van der Waals surface area contributed by atoms with Crippen molar-refractivity contribution < 1.29 is 9.90 Å². The zero-order chi connectivity index (χ0) is 13.1. The summed E-state index contributed by atoms with van der Waals surface area (Å²) in [6, 6.07) is 9.33. The number of benzene rings is 1. The molecule has 0 spiro atoms. The number of thiocarbonyl (C=S) groups is 1. The van der Waals surface area contributed by atoms with Crippen LogP contribution in [0.3, 0.4) is 0 Å². The normalized spacial score (nSPS) is 15.8. The van der Waals surface area contributed by atoms with Gasteiger partial charge >= 0.3 is 0 Å². The fourth-order valence-electron chi connectivity index (χ4n) is 1.76. The van der Waals surface area contributed by atoms with E-state index in [4.69, 9.17) is 12.2 Å². The number of nitrogens with zero attached hydrogens (tertiary/aromatic N) is 1. The van der Waals surface area contributed by atoms with E-state index in [-0.39, 0.29) is 22.2 Å². The molecule has 0 radical (unpaired) electrons. The van der Waals surface area contributed by atoms with Crippen LogP contribution in [0.1, 0.15) is 6.42 Å². The highest BCUT2D eigenvalue weighted by Gasteiger charge is 2.27. The zero-order valence-corrected chi connectivity index (χ0v) is 10.8. The lowest BCUT2D eigenvalue weighted by Gasteiger charge is -2.25. The van der Waals surface area contributed by atoms with Crippen molar-refractivity contribution in [3.8, 4) is 0 Å². The summed E-state index contributed by atoms with van der Waals surface area (Å²) in [6.07, 6.45) is 0.439. The van der Waals surface area contributed by atoms with E-state index in [1.165, 1.54) is 0 Å². The molecule has 1 aliphatic rings. The maximum Gasteiger partial charge on any atom is 0.260 e. The number of anilines is 1. The number of carbonyl (C=O) groups excluding carboxylic acids is 1. The molecule has 0 saturated heterocycles. The van der Waals surface area contributed by atoms with Crippen molar-refractivity contribution >= 4 is 28.8 Å². The van der Waals surface area contributed by atoms with Gasteiger partial charge in [-0.15, -0.1) is 0 Å². The molecular formula is C13H14N2O2S. The number of carbonyl (C=O) groups is 1. The van der Waals surface area contributed by atoms with E-state index in [1.54, 1.807) is 11.9 Å². The van der Waals surface area contributed by atoms with Crippen molar-refractivity contribution in [3.63, 3.8) is 0 Å². The lowest BCUT2D eigenvalue weighted by atomic mass is 10.1. The first-order valence-corrected chi connectivity index (χ1v) is 6.04. The smallest absolute Gasteiger partial charge is 0.260 e. The molecule has 0 aliphatic carbocycles. The minimum absolute atomic E-state index is 0.0616. The second-order valence-corrected chi connectivity index (χ2v) is 4.53. The molecule has 0 saturated carbocycles. The Kier molecular flexibility index (Phi) is 3.62. The number of hydrogen-bond acceptors (Lipinski definition) is 3. The van der Waals surface area contributed by atoms with Gasteiger partial charge in [-0.25, -0.2) is 0 Å². The van der Waals surface area contributed by atoms with Crippen LogP contribution in [0.2, 0.25) is 0 Å². The predicted octanol–water partition coefficient (Wildman–Crippen LogP) is 2.10. The molecule has 2 rings (SSSR count). The van der Waals surface area contributed by atoms with Gasteiger partial charge in [0.2, 0.25) is 0 Å². The van der Waals surface area contributed by atoms with Crippen molar-refractivity contribution in [2.45, 2.75) is 6.42 Å². The van der Waals surface area contributed by atoms with Gasteiger partial charge in [0.25, 0.3) is 5.91 Å². The Morgan fingerprint density at radius 1 is 1.39 bits per heavy atom. The number of para-hydroxylation sites is 1. The van der Waals surface area contributed by atoms with Gasteiger partial charge < -0.3 is 15.3 Å². The predicted molar refractivity (Wildman–Crippen MR) is 74.6 cm³/mol. The summed E-state index contributed by atoms with van der Waals surface area (Å²) in [5, 5.41) is 12.8. The molecule has 0 aromatic heterocycles. The second-order valence-electron chi connectivity index (χ2n) is 4.12. The van der Waals surface area contributed by atoms with Crippen LogP contribution in [0.5, 0.6) is 0 Å². The Labute approximate surface area is 111 Å². The number of aliphatic hydroxyl groups excluding tert-OH is 1. The molecule has 94 valence electrons. The maximum absolute atomic E-state index is 11.9. The third-order valence-electron chi connectivity index (χ3n) is 2.79. The van der Waals surface area contributed by atoms with Crippen molar-refractivity contribution in [1.29, 1.82) is 0 Å². The Balaban J connectivity index is 2.21. The van der Waals surface area contributed by atoms with Crippen LogP contribution < -0.4 is 5.32 Å². The van der Waals surface area contributed by atoms with E-state index in [2.05, 4.69) is 5.32 Å². The molecular weight excluding hydrogens is 248 g/mol. The van der Waals surface area contributed by atoms with Gasteiger partial charge in [-0.1, -0.05) is 30.4 Å². The fourth-order valence-corrected chi connectivity index (χ4v) is 2.08. The molecule has 1 aromatic carbocycles. The standard InChI is InChI=1S/C13H14N2O2S/c1-15-8-7-10(16)11(13(15)17)12(18)14-9-5-3-2-4-6-9/h2-6,16H,7-8H2,1H3,(H,14,18). The summed E-state index contributed by atoms with van der Waals surface area (Å²) in [7, 11) is 1.69. The second kappa shape index (κ2) is 5.18. The van der Waals surface area contributed by atoms with Crippen LogP contribution >= 0.6 is 12.2 Å². The lowest BCUT2D eigenvalue weighted by molar-refractivity contribution is -0.126. The Hall–Kier alpha value is -1.88. The van der Waals surface area contributed by atoms with E-state index >= 15 is 0 Å². The van der Waals surface area contributed by atoms with Gasteiger partial charge in [0.05, 0.1) is 0 Å². The highest BCUT2D eigenvalue weighted by molar-refractivity contribution is 7.81. The van der Waals surface area contributed by atoms with Gasteiger partial charge in [-0.2, -0.15) is 0 Å². The average molecular weight is 262 g/mol. The highest BCUT2D eigenvalue weighted by atomic mass is 32.1. The van der Waals surface area contributed by atoms with Gasteiger partial charge in [-0.05, 0) is 12.1 Å². The van der Waals surface area contributed by atoms with E-state index in [0.29, 0.717) is 13.0 Å². The Bertz CT molecular complexity index is 511. The highest BCUT2D eigenvalue weighted by Crippen LogP contribution is 2.19. The molecule has 1 aromatic rings. The number of hydrogen-bond donors (Lipinski definition) is 2. The summed E-state index contributed by atoms with van der Waals surface area (Å²) in [6.45, 7) is 0.516. The van der Waals surface area contributed by atoms with E-state index in [9.17, 15) is 9.90 Å². The third kappa shape index (κ3) is 2.51. The molecule has 0 unspecified atom stereocenters. The summed E-state index contributed by atoms with van der Waals surface area (Å²) < 4.78 is 0. The fraction of sp³-hybridized carbons (Fsp3) is 0.231. The molecule has 18 heavy (non-hydrogen) atoms. The summed E-state index contributed by atoms with van der Waals surface area (Å²) in [5.41, 5.74) is 0.992. The molecule has 0 fully saturated rings. The van der Waals surface area contributed by atoms with Crippen LogP contribution in [0.15, 0.2) is 41.7 Å². The number of rotatable bonds is 2. The molecule has 4 nitrogen and oxygen atoms in total. The SMILES string of the molecule is CN1CCC(O)=C(C(=S)Nc2ccccc2)C1=O. The first kappa shape index (κ1) is 12.6. The molecule has 1 amide bonds. The largest absolute Gasteiger partial charge is 0.511 e. The quantitative estimate of drug-likeness (QED) is 0.801. The van der Waals surface area contributed by atoms with Crippen LogP contribution in [-0.4, -0.2) is 34.5 Å². The number of amides is 1. The van der Waals surface area contributed by atoms with Crippen molar-refractivity contribution in [3.05, 3.63) is 41.7 Å². The Morgan fingerprint density at radius 2 is 2.06 bits per heavy atom. The van der Waals surface area contributed by atoms with Crippen LogP contribution in [-0.2, 0) is 4.79 Å². The lowest BCUT2D eigenvalue weighted by Crippen LogP contribution is -2.37. The monoisotopic (exact) mass is 262 g/mol. The van der Waals surface area contributed by atoms with Gasteiger partial charge in [0.1, 0.15) is 16.3 Å². The van der Waals surface area contributed by atoms with Crippen LogP contribution in [0.25, 0.3) is 0 Å². The van der Waals surface area contributed by atoms with E-state index in [1.807, 2.05) is 30.3 Å². The van der Waals surface area contributed by atoms with Crippen molar-refractivity contribution in [1.82, 2.24) is 4.90 Å². The molecule has 1 aliphatic heterocycles. The van der Waals surface area contributed by atoms with E-state index in [0.717, 1.165) is 5.69 Å². The van der Waals surface area contributed by atoms with Crippen molar-refractivity contribution in [2.24, 2.45) is 0 Å². The van der Waals surface area contributed by atoms with Crippen LogP contribution in [0, 0.1) is 0 Å². The number of aliphatic hydroxyl groups is 1. The third-order valence-corrected chi connectivity index (χ3v) is 3.10. The van der Waals surface area contributed by atoms with Gasteiger partial charge in [0.15, 0.2) is 0 Å². The average Bonchev–Trinajstić information content (AvgIpc) is 2.36. The van der Waals surface area contributed by atoms with Crippen LogP contribution in [0.4, 0.5) is 5.69 Å². The number of likely N-dealkylation sites (N-methyl/N-ethyl adjacent to an activating group) is 1. The first-order valence-electron chi connectivity index (χ1n) is 5.63. The summed E-state index contributed by atoms with van der Waals surface area (Å²) in [4.78, 5) is 13.8. The molecule has 1 heterocycles. The molecule has 0 bridgehead atoms. The maximum atomic E-state index is 11.9. The summed E-state index contributed by atoms with van der Waals surface area (Å²) in [5.74, 6) is -0.182. The minimum atomic E-state index is -0.243. The minimum Gasteiger partial charge on any atom is -0.511 e. The first-order chi connectivity index (χ1) is 8.59.